The van der Waals surface area contributed by atoms with E-state index >= 15 is 0 Å². The third-order valence-electron chi connectivity index (χ3n) is 3.36. The number of hydrogen-bond acceptors (Lipinski definition) is 5. The summed E-state index contributed by atoms with van der Waals surface area (Å²) in [5, 5.41) is 10.7. The summed E-state index contributed by atoms with van der Waals surface area (Å²) >= 11 is 1.60. The van der Waals surface area contributed by atoms with Crippen molar-refractivity contribution in [3.63, 3.8) is 0 Å². The molecule has 0 saturated carbocycles. The van der Waals surface area contributed by atoms with Gasteiger partial charge in [-0.3, -0.25) is 19.3 Å². The molecular formula is C16H15N5O2S. The van der Waals surface area contributed by atoms with Crippen molar-refractivity contribution in [1.82, 2.24) is 14.8 Å². The summed E-state index contributed by atoms with van der Waals surface area (Å²) in [7, 11) is 0. The van der Waals surface area contributed by atoms with Crippen molar-refractivity contribution in [3.05, 3.63) is 52.6 Å². The predicted octanol–water partition coefficient (Wildman–Crippen LogP) is 2.05. The molecule has 0 radical (unpaired) electrons. The Morgan fingerprint density at radius 1 is 1.33 bits per heavy atom. The average Bonchev–Trinajstić information content (AvgIpc) is 3.18. The van der Waals surface area contributed by atoms with E-state index in [1.54, 1.807) is 30.5 Å². The van der Waals surface area contributed by atoms with Gasteiger partial charge in [0.25, 0.3) is 5.91 Å². The fourth-order valence-electron chi connectivity index (χ4n) is 2.24. The van der Waals surface area contributed by atoms with Gasteiger partial charge in [-0.2, -0.15) is 16.4 Å². The van der Waals surface area contributed by atoms with Crippen LogP contribution in [0.4, 0.5) is 5.69 Å². The van der Waals surface area contributed by atoms with Gasteiger partial charge in [0.1, 0.15) is 6.54 Å². The molecule has 8 heteroatoms. The molecule has 3 aromatic heterocycles. The third kappa shape index (κ3) is 3.49. The van der Waals surface area contributed by atoms with Crippen molar-refractivity contribution in [2.24, 2.45) is 5.73 Å². The summed E-state index contributed by atoms with van der Waals surface area (Å²) in [6.45, 7) is 1.76. The number of aromatic nitrogens is 3. The molecule has 3 heterocycles. The van der Waals surface area contributed by atoms with Crippen LogP contribution in [-0.2, 0) is 11.3 Å². The zero-order valence-electron chi connectivity index (χ0n) is 12.9. The lowest BCUT2D eigenvalue weighted by atomic mass is 10.1. The Kier molecular flexibility index (Phi) is 4.39. The van der Waals surface area contributed by atoms with Crippen LogP contribution < -0.4 is 11.1 Å². The Labute approximate surface area is 142 Å². The summed E-state index contributed by atoms with van der Waals surface area (Å²) in [5.74, 6) is -0.782. The molecule has 3 rings (SSSR count). The summed E-state index contributed by atoms with van der Waals surface area (Å²) in [6, 6.07) is 5.55. The van der Waals surface area contributed by atoms with Crippen LogP contribution in [0.1, 0.15) is 16.1 Å². The van der Waals surface area contributed by atoms with E-state index < -0.39 is 5.91 Å². The number of carbonyl (C=O) groups is 2. The van der Waals surface area contributed by atoms with Crippen molar-refractivity contribution in [2.75, 3.05) is 5.32 Å². The second-order valence-electron chi connectivity index (χ2n) is 5.19. The summed E-state index contributed by atoms with van der Waals surface area (Å²) in [4.78, 5) is 27.7. The van der Waals surface area contributed by atoms with Gasteiger partial charge in [-0.25, -0.2) is 0 Å². The van der Waals surface area contributed by atoms with E-state index in [9.17, 15) is 9.59 Å². The van der Waals surface area contributed by atoms with Crippen molar-refractivity contribution < 1.29 is 9.59 Å². The number of nitrogens with one attached hydrogen (secondary N) is 1. The second-order valence-corrected chi connectivity index (χ2v) is 5.97. The first-order valence-electron chi connectivity index (χ1n) is 7.15. The molecule has 0 aliphatic heterocycles. The van der Waals surface area contributed by atoms with E-state index in [0.717, 1.165) is 11.3 Å². The van der Waals surface area contributed by atoms with Crippen LogP contribution in [0.3, 0.4) is 0 Å². The Morgan fingerprint density at radius 2 is 2.17 bits per heavy atom. The molecule has 0 atom stereocenters. The number of hydrogen-bond donors (Lipinski definition) is 2. The van der Waals surface area contributed by atoms with E-state index in [1.165, 1.54) is 10.9 Å². The van der Waals surface area contributed by atoms with E-state index in [4.69, 9.17) is 5.73 Å². The smallest absolute Gasteiger partial charge is 0.257 e. The second kappa shape index (κ2) is 6.63. The number of nitrogens with two attached hydrogens (primary N) is 1. The van der Waals surface area contributed by atoms with Gasteiger partial charge in [0.05, 0.1) is 28.8 Å². The molecule has 7 nitrogen and oxygen atoms in total. The molecule has 0 spiro atoms. The lowest BCUT2D eigenvalue weighted by Crippen LogP contribution is -2.18. The van der Waals surface area contributed by atoms with Crippen LogP contribution in [0, 0.1) is 6.92 Å². The molecule has 24 heavy (non-hydrogen) atoms. The Hall–Kier alpha value is -3.00. The maximum absolute atomic E-state index is 12.4. The van der Waals surface area contributed by atoms with Gasteiger partial charge in [-0.1, -0.05) is 0 Å². The van der Waals surface area contributed by atoms with Gasteiger partial charge >= 0.3 is 0 Å². The van der Waals surface area contributed by atoms with Crippen LogP contribution >= 0.6 is 11.3 Å². The van der Waals surface area contributed by atoms with Gasteiger partial charge in [-0.15, -0.1) is 0 Å². The predicted molar refractivity (Wildman–Crippen MR) is 91.7 cm³/mol. The molecule has 0 aromatic carbocycles. The molecule has 122 valence electrons. The van der Waals surface area contributed by atoms with Crippen LogP contribution in [0.5, 0.6) is 0 Å². The Balaban J connectivity index is 1.75. The van der Waals surface area contributed by atoms with Gasteiger partial charge in [0, 0.05) is 17.1 Å². The monoisotopic (exact) mass is 341 g/mol. The number of rotatable bonds is 5. The highest BCUT2D eigenvalue weighted by molar-refractivity contribution is 7.08. The molecule has 0 bridgehead atoms. The van der Waals surface area contributed by atoms with Crippen LogP contribution in [-0.4, -0.2) is 26.6 Å². The molecule has 2 amide bonds. The van der Waals surface area contributed by atoms with Crippen LogP contribution in [0.2, 0.25) is 0 Å². The van der Waals surface area contributed by atoms with Crippen molar-refractivity contribution >= 4 is 28.8 Å². The molecule has 3 aromatic rings. The summed E-state index contributed by atoms with van der Waals surface area (Å²) < 4.78 is 1.36. The highest BCUT2D eigenvalue weighted by Gasteiger charge is 2.13. The number of aryl methyl sites for hydroxylation is 1. The van der Waals surface area contributed by atoms with Crippen LogP contribution in [0.15, 0.2) is 41.4 Å². The maximum Gasteiger partial charge on any atom is 0.257 e. The molecule has 3 N–H and O–H groups in total. The van der Waals surface area contributed by atoms with Gasteiger partial charge in [-0.05, 0) is 30.5 Å². The Bertz CT molecular complexity index is 886. The molecule has 0 fully saturated rings. The average molecular weight is 341 g/mol. The first-order valence-corrected chi connectivity index (χ1v) is 8.09. The van der Waals surface area contributed by atoms with Gasteiger partial charge < -0.3 is 11.1 Å². The standard InChI is InChI=1S/C16H15N5O2S/c1-10-13(2-3-14(19-10)11-4-5-24-9-11)16(23)20-12-6-18-21(7-12)8-15(17)22/h2-7,9H,8H2,1H3,(H2,17,22)(H,20,23). The lowest BCUT2D eigenvalue weighted by Gasteiger charge is -2.07. The number of primary amides is 1. The first kappa shape index (κ1) is 15.9. The molecule has 0 saturated heterocycles. The molecule has 0 aliphatic carbocycles. The quantitative estimate of drug-likeness (QED) is 0.741. The number of pyridine rings is 1. The largest absolute Gasteiger partial charge is 0.368 e. The topological polar surface area (TPSA) is 103 Å². The number of anilines is 1. The lowest BCUT2D eigenvalue weighted by molar-refractivity contribution is -0.118. The number of nitrogens with zero attached hydrogens (tertiary/aromatic N) is 3. The Morgan fingerprint density at radius 3 is 2.83 bits per heavy atom. The minimum atomic E-state index is -0.500. The molecular weight excluding hydrogens is 326 g/mol. The van der Waals surface area contributed by atoms with E-state index in [2.05, 4.69) is 15.4 Å². The normalized spacial score (nSPS) is 10.5. The van der Waals surface area contributed by atoms with E-state index in [-0.39, 0.29) is 12.5 Å². The van der Waals surface area contributed by atoms with Crippen molar-refractivity contribution in [2.45, 2.75) is 13.5 Å². The fraction of sp³-hybridized carbons (Fsp3) is 0.125. The molecule has 0 aliphatic rings. The fourth-order valence-corrected chi connectivity index (χ4v) is 2.89. The van der Waals surface area contributed by atoms with Crippen molar-refractivity contribution in [3.8, 4) is 11.3 Å². The first-order chi connectivity index (χ1) is 11.5. The molecule has 0 unspecified atom stereocenters. The highest BCUT2D eigenvalue weighted by atomic mass is 32.1. The minimum absolute atomic E-state index is 0.0359. The zero-order chi connectivity index (χ0) is 17.1. The minimum Gasteiger partial charge on any atom is -0.368 e. The highest BCUT2D eigenvalue weighted by Crippen LogP contribution is 2.22. The zero-order valence-corrected chi connectivity index (χ0v) is 13.7. The van der Waals surface area contributed by atoms with Crippen molar-refractivity contribution in [1.29, 1.82) is 0 Å². The maximum atomic E-state index is 12.4. The van der Waals surface area contributed by atoms with E-state index in [0.29, 0.717) is 16.9 Å². The van der Waals surface area contributed by atoms with E-state index in [1.807, 2.05) is 22.9 Å². The number of thiophene rings is 1. The summed E-state index contributed by atoms with van der Waals surface area (Å²) in [5.41, 5.74) is 8.58. The van der Waals surface area contributed by atoms with Gasteiger partial charge in [0.15, 0.2) is 0 Å². The van der Waals surface area contributed by atoms with Gasteiger partial charge in [0.2, 0.25) is 5.91 Å². The van der Waals surface area contributed by atoms with Crippen LogP contribution in [0.25, 0.3) is 11.3 Å². The number of carbonyl (C=O) groups excluding carboxylic acids is 2. The summed E-state index contributed by atoms with van der Waals surface area (Å²) in [6.07, 6.45) is 3.01. The SMILES string of the molecule is Cc1nc(-c2ccsc2)ccc1C(=O)Nc1cnn(CC(N)=O)c1. The third-order valence-corrected chi connectivity index (χ3v) is 4.04. The number of amides is 2.